The van der Waals surface area contributed by atoms with E-state index in [0.717, 1.165) is 4.90 Å². The number of aromatic nitrogens is 4. The Bertz CT molecular complexity index is 1550. The van der Waals surface area contributed by atoms with Crippen molar-refractivity contribution in [3.63, 3.8) is 0 Å². The van der Waals surface area contributed by atoms with Gasteiger partial charge in [0.05, 0.1) is 12.2 Å². The second-order valence-corrected chi connectivity index (χ2v) is 12.0. The Morgan fingerprint density at radius 3 is 2.09 bits per heavy atom. The first-order chi connectivity index (χ1) is 21.7. The van der Waals surface area contributed by atoms with Crippen LogP contribution in [0.1, 0.15) is 44.6 Å². The Hall–Kier alpha value is -3.79. The van der Waals surface area contributed by atoms with E-state index in [1.165, 1.54) is 0 Å². The number of alkyl halides is 6. The molecule has 1 aliphatic heterocycles. The zero-order valence-corrected chi connectivity index (χ0v) is 25.4. The van der Waals surface area contributed by atoms with Gasteiger partial charge in [0.25, 0.3) is 0 Å². The van der Waals surface area contributed by atoms with Crippen LogP contribution in [0.25, 0.3) is 11.1 Å². The Morgan fingerprint density at radius 1 is 0.848 bits per heavy atom. The van der Waals surface area contributed by atoms with Crippen LogP contribution in [0, 0.1) is 0 Å². The van der Waals surface area contributed by atoms with Gasteiger partial charge in [0.15, 0.2) is 0 Å². The minimum atomic E-state index is -4.95. The Balaban J connectivity index is 1.33. The number of amides is 2. The van der Waals surface area contributed by atoms with Gasteiger partial charge >= 0.3 is 24.2 Å². The van der Waals surface area contributed by atoms with Gasteiger partial charge < -0.3 is 20.9 Å². The molecule has 2 aromatic heterocycles. The van der Waals surface area contributed by atoms with Crippen LogP contribution in [-0.4, -0.2) is 74.0 Å². The van der Waals surface area contributed by atoms with Crippen molar-refractivity contribution in [3.8, 4) is 11.1 Å². The van der Waals surface area contributed by atoms with E-state index in [9.17, 15) is 35.9 Å². The second-order valence-electron chi connectivity index (χ2n) is 11.1. The number of nitrogens with zero attached hydrogens (tertiary/aromatic N) is 5. The summed E-state index contributed by atoms with van der Waals surface area (Å²) < 4.78 is 78.3. The summed E-state index contributed by atoms with van der Waals surface area (Å²) in [4.78, 5) is 32.8. The van der Waals surface area contributed by atoms with Gasteiger partial charge in [0.1, 0.15) is 5.82 Å². The highest BCUT2D eigenvalue weighted by Gasteiger charge is 2.43. The number of piperidine rings is 1. The number of nitrogens with one attached hydrogen (secondary N) is 3. The van der Waals surface area contributed by atoms with Crippen molar-refractivity contribution < 1.29 is 35.9 Å². The third kappa shape index (κ3) is 8.32. The van der Waals surface area contributed by atoms with Crippen LogP contribution >= 0.6 is 23.2 Å². The molecule has 0 unspecified atom stereocenters. The van der Waals surface area contributed by atoms with Gasteiger partial charge in [0.2, 0.25) is 5.95 Å². The van der Waals surface area contributed by atoms with Gasteiger partial charge in [0, 0.05) is 64.4 Å². The molecule has 1 saturated heterocycles. The summed E-state index contributed by atoms with van der Waals surface area (Å²) in [5, 5.41) is 13.6. The molecule has 3 N–H and O–H groups in total. The molecule has 3 heterocycles. The van der Waals surface area contributed by atoms with Gasteiger partial charge in [-0.3, -0.25) is 14.3 Å². The average molecular weight is 693 g/mol. The first-order valence-electron chi connectivity index (χ1n) is 14.3. The highest BCUT2D eigenvalue weighted by molar-refractivity contribution is 6.35. The number of benzene rings is 1. The molecule has 1 saturated carbocycles. The fourth-order valence-electron chi connectivity index (χ4n) is 5.55. The summed E-state index contributed by atoms with van der Waals surface area (Å²) in [5.41, 5.74) is 1.69. The van der Waals surface area contributed by atoms with Crippen LogP contribution in [0.15, 0.2) is 36.8 Å². The van der Waals surface area contributed by atoms with Crippen LogP contribution in [-0.2, 0) is 9.59 Å². The van der Waals surface area contributed by atoms with Crippen LogP contribution in [0.5, 0.6) is 0 Å². The average Bonchev–Trinajstić information content (AvgIpc) is 3.47. The van der Waals surface area contributed by atoms with E-state index in [4.69, 9.17) is 23.2 Å². The fourth-order valence-corrected chi connectivity index (χ4v) is 6.08. The summed E-state index contributed by atoms with van der Waals surface area (Å²) in [6.45, 7) is -0.123. The predicted octanol–water partition coefficient (Wildman–Crippen LogP) is 6.52. The molecule has 2 aliphatic rings. The summed E-state index contributed by atoms with van der Waals surface area (Å²) in [6, 6.07) is 3.79. The molecule has 1 aliphatic carbocycles. The molecule has 0 bridgehead atoms. The molecule has 18 heteroatoms. The standard InChI is InChI=1S/C28H28Cl2F6N8O2/c29-16-9-17(30)11-20(10-16)41-26-37-13-22(23(42-26)39-18-1-3-19(4-2-18)40-24(45)27(31,32)33)15-12-38-44(14-15)21-5-7-43(8-6-21)25(46)28(34,35)36/h9-14,18-19,21H,1-8H2,(H,40,45)(H2,37,39,41,42)/t18-,19+. The highest BCUT2D eigenvalue weighted by atomic mass is 35.5. The van der Waals surface area contributed by atoms with E-state index < -0.39 is 30.2 Å². The monoisotopic (exact) mass is 692 g/mol. The van der Waals surface area contributed by atoms with Gasteiger partial charge in [-0.15, -0.1) is 0 Å². The minimum absolute atomic E-state index is 0.0614. The highest BCUT2D eigenvalue weighted by Crippen LogP contribution is 2.33. The van der Waals surface area contributed by atoms with Gasteiger partial charge in [-0.2, -0.15) is 36.4 Å². The molecule has 10 nitrogen and oxygen atoms in total. The van der Waals surface area contributed by atoms with Crippen molar-refractivity contribution in [2.75, 3.05) is 23.7 Å². The van der Waals surface area contributed by atoms with Gasteiger partial charge in [-0.25, -0.2) is 4.98 Å². The predicted molar refractivity (Wildman–Crippen MR) is 158 cm³/mol. The third-order valence-corrected chi connectivity index (χ3v) is 8.29. The van der Waals surface area contributed by atoms with Crippen molar-refractivity contribution in [1.82, 2.24) is 30.0 Å². The zero-order valence-electron chi connectivity index (χ0n) is 23.9. The van der Waals surface area contributed by atoms with E-state index in [2.05, 4.69) is 25.7 Å². The summed E-state index contributed by atoms with van der Waals surface area (Å²) >= 11 is 12.2. The Morgan fingerprint density at radius 2 is 1.48 bits per heavy atom. The summed E-state index contributed by atoms with van der Waals surface area (Å²) in [6.07, 6.45) is -2.92. The number of anilines is 3. The van der Waals surface area contributed by atoms with E-state index in [1.54, 1.807) is 41.5 Å². The number of carbonyl (C=O) groups excluding carboxylic acids is 2. The molecule has 2 amide bonds. The Labute approximate surface area is 268 Å². The van der Waals surface area contributed by atoms with Crippen LogP contribution < -0.4 is 16.0 Å². The summed E-state index contributed by atoms with van der Waals surface area (Å²) in [5.74, 6) is -3.22. The lowest BCUT2D eigenvalue weighted by atomic mass is 9.91. The fraction of sp³-hybridized carbons (Fsp3) is 0.464. The maximum Gasteiger partial charge on any atom is 0.471 e. The van der Waals surface area contributed by atoms with Gasteiger partial charge in [-0.05, 0) is 56.7 Å². The number of likely N-dealkylation sites (tertiary alicyclic amines) is 1. The Kier molecular flexibility index (Phi) is 9.86. The van der Waals surface area contributed by atoms with E-state index >= 15 is 0 Å². The van der Waals surface area contributed by atoms with Crippen molar-refractivity contribution in [3.05, 3.63) is 46.8 Å². The molecule has 46 heavy (non-hydrogen) atoms. The lowest BCUT2D eigenvalue weighted by Gasteiger charge is -2.32. The number of halogens is 8. The van der Waals surface area contributed by atoms with Gasteiger partial charge in [-0.1, -0.05) is 23.2 Å². The molecular formula is C28H28Cl2F6N8O2. The van der Waals surface area contributed by atoms with E-state index in [1.807, 2.05) is 5.32 Å². The SMILES string of the molecule is O=C(N[C@H]1CC[C@@H](Nc2nc(Nc3cc(Cl)cc(Cl)c3)ncc2-c2cnn(C3CCN(C(=O)C(F)(F)F)CC3)c2)CC1)C(F)(F)F. The second kappa shape index (κ2) is 13.5. The van der Waals surface area contributed by atoms with Crippen molar-refractivity contribution in [2.24, 2.45) is 0 Å². The van der Waals surface area contributed by atoms with Crippen LogP contribution in [0.4, 0.5) is 43.8 Å². The topological polar surface area (TPSA) is 117 Å². The maximum atomic E-state index is 12.8. The number of rotatable bonds is 7. The molecule has 5 rings (SSSR count). The van der Waals surface area contributed by atoms with Crippen molar-refractivity contribution >= 4 is 52.5 Å². The molecular weight excluding hydrogens is 665 g/mol. The van der Waals surface area contributed by atoms with E-state index in [-0.39, 0.29) is 44.0 Å². The third-order valence-electron chi connectivity index (χ3n) is 7.85. The lowest BCUT2D eigenvalue weighted by Crippen LogP contribution is -2.45. The normalized spacial score (nSPS) is 19.5. The molecule has 3 aromatic rings. The summed E-state index contributed by atoms with van der Waals surface area (Å²) in [7, 11) is 0. The molecule has 248 valence electrons. The quantitative estimate of drug-likeness (QED) is 0.242. The zero-order chi connectivity index (χ0) is 33.2. The smallest absolute Gasteiger partial charge is 0.367 e. The largest absolute Gasteiger partial charge is 0.471 e. The van der Waals surface area contributed by atoms with Crippen molar-refractivity contribution in [2.45, 2.75) is 69.0 Å². The molecule has 1 aromatic carbocycles. The van der Waals surface area contributed by atoms with Crippen molar-refractivity contribution in [1.29, 1.82) is 0 Å². The minimum Gasteiger partial charge on any atom is -0.367 e. The lowest BCUT2D eigenvalue weighted by molar-refractivity contribution is -0.186. The molecule has 0 spiro atoms. The number of carbonyl (C=O) groups is 2. The maximum absolute atomic E-state index is 12.8. The van der Waals surface area contributed by atoms with E-state index in [0.29, 0.717) is 58.4 Å². The first-order valence-corrected chi connectivity index (χ1v) is 15.1. The first kappa shape index (κ1) is 33.6. The number of hydrogen-bond acceptors (Lipinski definition) is 7. The van der Waals surface area contributed by atoms with Crippen LogP contribution in [0.2, 0.25) is 10.0 Å². The molecule has 0 atom stereocenters. The molecule has 0 radical (unpaired) electrons. The molecule has 2 fully saturated rings. The number of hydrogen-bond donors (Lipinski definition) is 3. The van der Waals surface area contributed by atoms with Crippen LogP contribution in [0.3, 0.4) is 0 Å².